The molecule has 0 fully saturated rings. The van der Waals surface area contributed by atoms with Crippen molar-refractivity contribution in [2.75, 3.05) is 6.61 Å². The van der Waals surface area contributed by atoms with E-state index in [9.17, 15) is 0 Å². The lowest BCUT2D eigenvalue weighted by Crippen LogP contribution is -1.78. The highest BCUT2D eigenvalue weighted by Gasteiger charge is 1.81. The van der Waals surface area contributed by atoms with Crippen molar-refractivity contribution in [2.45, 2.75) is 71.1 Å². The summed E-state index contributed by atoms with van der Waals surface area (Å²) in [5, 5.41) is 8.67. The highest BCUT2D eigenvalue weighted by Crippen LogP contribution is 2.00. The van der Waals surface area contributed by atoms with Gasteiger partial charge in [-0.05, 0) is 64.2 Å². The van der Waals surface area contributed by atoms with Crippen LogP contribution in [-0.4, -0.2) is 11.7 Å². The molecule has 0 aliphatic carbocycles. The van der Waals surface area contributed by atoms with E-state index in [4.69, 9.17) is 5.11 Å². The van der Waals surface area contributed by atoms with Gasteiger partial charge in [0.2, 0.25) is 0 Å². The molecular formula is C24H38O. The van der Waals surface area contributed by atoms with E-state index >= 15 is 0 Å². The van der Waals surface area contributed by atoms with Crippen LogP contribution in [0.3, 0.4) is 0 Å². The summed E-state index contributed by atoms with van der Waals surface area (Å²) in [6.07, 6.45) is 37.4. The first-order valence-electron chi connectivity index (χ1n) is 9.92. The molecule has 0 amide bonds. The van der Waals surface area contributed by atoms with E-state index in [-0.39, 0.29) is 0 Å². The zero-order valence-electron chi connectivity index (χ0n) is 16.2. The van der Waals surface area contributed by atoms with Crippen molar-refractivity contribution in [2.24, 2.45) is 0 Å². The molecule has 0 heterocycles. The van der Waals surface area contributed by atoms with Crippen LogP contribution in [0.15, 0.2) is 72.9 Å². The van der Waals surface area contributed by atoms with Gasteiger partial charge in [-0.1, -0.05) is 79.8 Å². The molecule has 0 radical (unpaired) electrons. The third-order valence-corrected chi connectivity index (χ3v) is 3.58. The van der Waals surface area contributed by atoms with E-state index in [1.807, 2.05) is 0 Å². The van der Waals surface area contributed by atoms with Gasteiger partial charge in [0.25, 0.3) is 0 Å². The van der Waals surface area contributed by atoms with E-state index in [1.54, 1.807) is 0 Å². The Morgan fingerprint density at radius 3 is 1.28 bits per heavy atom. The molecule has 0 saturated carbocycles. The van der Waals surface area contributed by atoms with Crippen LogP contribution < -0.4 is 0 Å². The summed E-state index contributed by atoms with van der Waals surface area (Å²) in [6, 6.07) is 0. The largest absolute Gasteiger partial charge is 0.396 e. The second-order valence-electron chi connectivity index (χ2n) is 5.96. The molecule has 0 spiro atoms. The minimum Gasteiger partial charge on any atom is -0.396 e. The lowest BCUT2D eigenvalue weighted by molar-refractivity contribution is 0.289. The number of aliphatic hydroxyl groups excluding tert-OH is 1. The molecule has 0 bridgehead atoms. The Labute approximate surface area is 156 Å². The molecule has 0 aliphatic rings. The van der Waals surface area contributed by atoms with Crippen molar-refractivity contribution in [1.82, 2.24) is 0 Å². The Kier molecular flexibility index (Phi) is 21.0. The van der Waals surface area contributed by atoms with Crippen LogP contribution in [0, 0.1) is 0 Å². The summed E-state index contributed by atoms with van der Waals surface area (Å²) in [5.74, 6) is 0. The van der Waals surface area contributed by atoms with Gasteiger partial charge in [0.1, 0.15) is 0 Å². The Morgan fingerprint density at radius 2 is 0.840 bits per heavy atom. The van der Waals surface area contributed by atoms with Gasteiger partial charge in [0.05, 0.1) is 0 Å². The van der Waals surface area contributed by atoms with Crippen LogP contribution in [0.4, 0.5) is 0 Å². The second-order valence-corrected chi connectivity index (χ2v) is 5.96. The fourth-order valence-corrected chi connectivity index (χ4v) is 2.16. The van der Waals surface area contributed by atoms with E-state index in [2.05, 4.69) is 79.8 Å². The molecule has 0 unspecified atom stereocenters. The highest BCUT2D eigenvalue weighted by molar-refractivity contribution is 4.99. The molecule has 140 valence electrons. The minimum absolute atomic E-state index is 0.293. The van der Waals surface area contributed by atoms with Gasteiger partial charge in [0.15, 0.2) is 0 Å². The maximum Gasteiger partial charge on any atom is 0.0433 e. The third-order valence-electron chi connectivity index (χ3n) is 3.58. The number of hydrogen-bond donors (Lipinski definition) is 1. The summed E-state index contributed by atoms with van der Waals surface area (Å²) in [5.41, 5.74) is 0. The predicted octanol–water partition coefficient (Wildman–Crippen LogP) is 7.24. The average Bonchev–Trinajstić information content (AvgIpc) is 2.63. The number of hydrogen-bond acceptors (Lipinski definition) is 1. The van der Waals surface area contributed by atoms with E-state index in [1.165, 1.54) is 0 Å². The van der Waals surface area contributed by atoms with Gasteiger partial charge >= 0.3 is 0 Å². The fraction of sp³-hybridized carbons (Fsp3) is 0.500. The number of aliphatic hydroxyl groups is 1. The van der Waals surface area contributed by atoms with Crippen molar-refractivity contribution in [3.8, 4) is 0 Å². The Balaban J connectivity index is 3.42. The Bertz CT molecular complexity index is 421. The molecular weight excluding hydrogens is 304 g/mol. The van der Waals surface area contributed by atoms with Gasteiger partial charge in [0, 0.05) is 6.61 Å². The van der Waals surface area contributed by atoms with Crippen molar-refractivity contribution in [1.29, 1.82) is 0 Å². The predicted molar refractivity (Wildman–Crippen MR) is 114 cm³/mol. The van der Waals surface area contributed by atoms with Crippen LogP contribution in [0.1, 0.15) is 71.1 Å². The van der Waals surface area contributed by atoms with Gasteiger partial charge in [-0.15, -0.1) is 0 Å². The normalized spacial score (nSPS) is 13.2. The summed E-state index contributed by atoms with van der Waals surface area (Å²) in [6.45, 7) is 2.45. The zero-order chi connectivity index (χ0) is 18.3. The maximum absolute atomic E-state index is 8.67. The van der Waals surface area contributed by atoms with E-state index in [0.717, 1.165) is 64.2 Å². The first-order chi connectivity index (χ1) is 12.4. The number of rotatable bonds is 16. The van der Waals surface area contributed by atoms with Gasteiger partial charge < -0.3 is 5.11 Å². The summed E-state index contributed by atoms with van der Waals surface area (Å²) >= 11 is 0. The van der Waals surface area contributed by atoms with Crippen molar-refractivity contribution in [3.05, 3.63) is 72.9 Å². The van der Waals surface area contributed by atoms with Crippen LogP contribution >= 0.6 is 0 Å². The number of allylic oxidation sites excluding steroid dienone is 12. The standard InChI is InChI=1S/C24H38O/c1-2-3-4-5-6-7-8-9-10-11-12-13-14-15-16-17-18-19-20-21-22-23-24-25/h3-4,6-7,9-10,12-13,16-17,20-21,25H,2,5,8,11,14-15,18-19,22-24H2,1H3. The zero-order valence-corrected chi connectivity index (χ0v) is 16.2. The minimum atomic E-state index is 0.293. The highest BCUT2D eigenvalue weighted by atomic mass is 16.2. The SMILES string of the molecule is CCC=CCC=CCC=CCC=CCCC=CCCC=CCCCO. The molecule has 0 aromatic heterocycles. The van der Waals surface area contributed by atoms with Crippen LogP contribution in [0.5, 0.6) is 0 Å². The summed E-state index contributed by atoms with van der Waals surface area (Å²) in [7, 11) is 0. The molecule has 0 rings (SSSR count). The summed E-state index contributed by atoms with van der Waals surface area (Å²) in [4.78, 5) is 0. The van der Waals surface area contributed by atoms with Crippen LogP contribution in [-0.2, 0) is 0 Å². The quantitative estimate of drug-likeness (QED) is 0.231. The lowest BCUT2D eigenvalue weighted by Gasteiger charge is -1.90. The molecule has 1 nitrogen and oxygen atoms in total. The van der Waals surface area contributed by atoms with Gasteiger partial charge in [-0.2, -0.15) is 0 Å². The molecule has 0 saturated heterocycles. The fourth-order valence-electron chi connectivity index (χ4n) is 2.16. The monoisotopic (exact) mass is 342 g/mol. The molecule has 0 atom stereocenters. The molecule has 0 aliphatic heterocycles. The average molecular weight is 343 g/mol. The van der Waals surface area contributed by atoms with E-state index < -0.39 is 0 Å². The van der Waals surface area contributed by atoms with Crippen molar-refractivity contribution in [3.63, 3.8) is 0 Å². The van der Waals surface area contributed by atoms with Crippen molar-refractivity contribution < 1.29 is 5.11 Å². The maximum atomic E-state index is 8.67. The number of unbranched alkanes of at least 4 members (excludes halogenated alkanes) is 3. The molecule has 1 N–H and O–H groups in total. The van der Waals surface area contributed by atoms with Gasteiger partial charge in [-0.3, -0.25) is 0 Å². The van der Waals surface area contributed by atoms with Crippen LogP contribution in [0.2, 0.25) is 0 Å². The topological polar surface area (TPSA) is 20.2 Å². The molecule has 1 heteroatoms. The molecule has 0 aromatic carbocycles. The summed E-state index contributed by atoms with van der Waals surface area (Å²) < 4.78 is 0. The smallest absolute Gasteiger partial charge is 0.0433 e. The second kappa shape index (κ2) is 22.4. The third kappa shape index (κ3) is 22.4. The first kappa shape index (κ1) is 23.4. The first-order valence-corrected chi connectivity index (χ1v) is 9.92. The van der Waals surface area contributed by atoms with Crippen LogP contribution in [0.25, 0.3) is 0 Å². The Morgan fingerprint density at radius 1 is 0.480 bits per heavy atom. The lowest BCUT2D eigenvalue weighted by atomic mass is 10.2. The Hall–Kier alpha value is -1.60. The molecule has 25 heavy (non-hydrogen) atoms. The van der Waals surface area contributed by atoms with Crippen molar-refractivity contribution >= 4 is 0 Å². The van der Waals surface area contributed by atoms with Gasteiger partial charge in [-0.25, -0.2) is 0 Å². The van der Waals surface area contributed by atoms with E-state index in [0.29, 0.717) is 6.61 Å². The molecule has 0 aromatic rings.